The van der Waals surface area contributed by atoms with Gasteiger partial charge in [-0.2, -0.15) is 0 Å². The summed E-state index contributed by atoms with van der Waals surface area (Å²) in [4.78, 5) is 19.8. The third kappa shape index (κ3) is 4.19. The molecule has 1 aromatic heterocycles. The molecule has 1 aromatic rings. The number of amides is 1. The number of aromatic nitrogens is 2. The molecule has 1 heterocycles. The predicted octanol–water partition coefficient (Wildman–Crippen LogP) is 1.63. The van der Waals surface area contributed by atoms with Crippen molar-refractivity contribution in [2.24, 2.45) is 0 Å². The Bertz CT molecular complexity index is 397. The average Bonchev–Trinajstić information content (AvgIpc) is 2.27. The fourth-order valence-corrected chi connectivity index (χ4v) is 1.58. The van der Waals surface area contributed by atoms with Crippen LogP contribution < -0.4 is 10.6 Å². The lowest BCUT2D eigenvalue weighted by Gasteiger charge is -2.13. The third-order valence-corrected chi connectivity index (χ3v) is 2.41. The number of aryl methyl sites for hydroxylation is 1. The summed E-state index contributed by atoms with van der Waals surface area (Å²) in [5, 5.41) is 5.93. The Morgan fingerprint density at radius 1 is 1.53 bits per heavy atom. The van der Waals surface area contributed by atoms with Crippen LogP contribution in [0.1, 0.15) is 26.1 Å². The number of halogens is 1. The molecule has 1 atom stereocenters. The van der Waals surface area contributed by atoms with Gasteiger partial charge in [-0.15, -0.1) is 0 Å². The molecule has 0 spiro atoms. The van der Waals surface area contributed by atoms with E-state index in [0.29, 0.717) is 16.8 Å². The number of carbonyl (C=O) groups excluding carboxylic acids is 1. The number of hydrogen-bond acceptors (Lipinski definition) is 4. The second kappa shape index (κ2) is 6.39. The summed E-state index contributed by atoms with van der Waals surface area (Å²) in [7, 11) is 1.59. The summed E-state index contributed by atoms with van der Waals surface area (Å²) in [6.45, 7) is 3.80. The van der Waals surface area contributed by atoms with Gasteiger partial charge >= 0.3 is 0 Å². The molecule has 0 saturated carbocycles. The van der Waals surface area contributed by atoms with Crippen molar-refractivity contribution in [2.75, 3.05) is 12.4 Å². The minimum Gasteiger partial charge on any atom is -0.358 e. The van der Waals surface area contributed by atoms with Crippen LogP contribution in [-0.2, 0) is 11.2 Å². The van der Waals surface area contributed by atoms with Crippen LogP contribution in [0.5, 0.6) is 0 Å². The first kappa shape index (κ1) is 13.7. The molecule has 2 N–H and O–H groups in total. The first-order valence-electron chi connectivity index (χ1n) is 5.58. The second-order valence-corrected chi connectivity index (χ2v) is 4.11. The fraction of sp³-hybridized carbons (Fsp3) is 0.545. The third-order valence-electron chi connectivity index (χ3n) is 2.22. The van der Waals surface area contributed by atoms with E-state index in [-0.39, 0.29) is 11.9 Å². The van der Waals surface area contributed by atoms with Gasteiger partial charge in [0.25, 0.3) is 0 Å². The molecular formula is C11H17ClN4O. The van der Waals surface area contributed by atoms with E-state index in [2.05, 4.69) is 20.6 Å². The molecule has 6 heteroatoms. The fourth-order valence-electron chi connectivity index (χ4n) is 1.38. The quantitative estimate of drug-likeness (QED) is 0.786. The zero-order chi connectivity index (χ0) is 12.8. The normalized spacial score (nSPS) is 12.0. The summed E-state index contributed by atoms with van der Waals surface area (Å²) in [5.74, 6) is 1.16. The number of carbonyl (C=O) groups is 1. The van der Waals surface area contributed by atoms with Crippen LogP contribution in [0.25, 0.3) is 0 Å². The Balaban J connectivity index is 2.80. The summed E-state index contributed by atoms with van der Waals surface area (Å²) in [6.07, 6.45) is 1.72. The number of rotatable bonds is 5. The monoisotopic (exact) mass is 256 g/mol. The van der Waals surface area contributed by atoms with Crippen molar-refractivity contribution in [2.45, 2.75) is 32.7 Å². The molecule has 0 aromatic carbocycles. The highest BCUT2D eigenvalue weighted by Crippen LogP contribution is 2.13. The molecule has 1 unspecified atom stereocenters. The first-order chi connectivity index (χ1) is 8.06. The average molecular weight is 257 g/mol. The largest absolute Gasteiger partial charge is 0.358 e. The van der Waals surface area contributed by atoms with Crippen LogP contribution >= 0.6 is 11.6 Å². The molecule has 5 nitrogen and oxygen atoms in total. The molecule has 0 fully saturated rings. The lowest BCUT2D eigenvalue weighted by atomic mass is 10.3. The van der Waals surface area contributed by atoms with E-state index < -0.39 is 0 Å². The molecular weight excluding hydrogens is 240 g/mol. The van der Waals surface area contributed by atoms with Gasteiger partial charge in [0.1, 0.15) is 22.8 Å². The summed E-state index contributed by atoms with van der Waals surface area (Å²) >= 11 is 5.89. The van der Waals surface area contributed by atoms with Gasteiger partial charge in [0.15, 0.2) is 0 Å². The van der Waals surface area contributed by atoms with Crippen molar-refractivity contribution in [3.05, 3.63) is 17.0 Å². The van der Waals surface area contributed by atoms with Gasteiger partial charge in [-0.1, -0.05) is 18.5 Å². The van der Waals surface area contributed by atoms with Crippen LogP contribution in [0.3, 0.4) is 0 Å². The molecule has 0 aliphatic carbocycles. The van der Waals surface area contributed by atoms with Gasteiger partial charge in [-0.05, 0) is 13.3 Å². The molecule has 1 amide bonds. The van der Waals surface area contributed by atoms with Crippen LogP contribution in [-0.4, -0.2) is 29.0 Å². The van der Waals surface area contributed by atoms with Crippen molar-refractivity contribution in [3.63, 3.8) is 0 Å². The van der Waals surface area contributed by atoms with Crippen LogP contribution in [0.2, 0.25) is 5.15 Å². The SMILES string of the molecule is CCCc1nc(Cl)cc(NC(C)C(=O)NC)n1. The molecule has 17 heavy (non-hydrogen) atoms. The number of nitrogens with one attached hydrogen (secondary N) is 2. The summed E-state index contributed by atoms with van der Waals surface area (Å²) in [5.41, 5.74) is 0. The Hall–Kier alpha value is -1.36. The predicted molar refractivity (Wildman–Crippen MR) is 68.2 cm³/mol. The number of hydrogen-bond donors (Lipinski definition) is 2. The zero-order valence-corrected chi connectivity index (χ0v) is 11.0. The molecule has 0 aliphatic heterocycles. The van der Waals surface area contributed by atoms with E-state index in [1.54, 1.807) is 20.0 Å². The smallest absolute Gasteiger partial charge is 0.241 e. The molecule has 0 saturated heterocycles. The van der Waals surface area contributed by atoms with E-state index in [1.807, 2.05) is 6.92 Å². The summed E-state index contributed by atoms with van der Waals surface area (Å²) < 4.78 is 0. The molecule has 0 aliphatic rings. The van der Waals surface area contributed by atoms with Crippen molar-refractivity contribution >= 4 is 23.3 Å². The number of nitrogens with zero attached hydrogens (tertiary/aromatic N) is 2. The van der Waals surface area contributed by atoms with Crippen LogP contribution in [0, 0.1) is 0 Å². The van der Waals surface area contributed by atoms with Gasteiger partial charge in [0.2, 0.25) is 5.91 Å². The molecule has 0 radical (unpaired) electrons. The number of anilines is 1. The highest BCUT2D eigenvalue weighted by molar-refractivity contribution is 6.29. The van der Waals surface area contributed by atoms with Gasteiger partial charge in [-0.25, -0.2) is 9.97 Å². The zero-order valence-electron chi connectivity index (χ0n) is 10.2. The summed E-state index contributed by atoms with van der Waals surface area (Å²) in [6, 6.07) is 1.25. The Kier molecular flexibility index (Phi) is 5.15. The van der Waals surface area contributed by atoms with E-state index >= 15 is 0 Å². The van der Waals surface area contributed by atoms with E-state index in [1.165, 1.54) is 0 Å². The van der Waals surface area contributed by atoms with Gasteiger partial charge in [0, 0.05) is 19.5 Å². The minimum atomic E-state index is -0.361. The van der Waals surface area contributed by atoms with Gasteiger partial charge < -0.3 is 10.6 Å². The number of likely N-dealkylation sites (N-methyl/N-ethyl adjacent to an activating group) is 1. The molecule has 0 bridgehead atoms. The Morgan fingerprint density at radius 3 is 2.82 bits per heavy atom. The standard InChI is InChI=1S/C11H17ClN4O/c1-4-5-9-15-8(12)6-10(16-9)14-7(2)11(17)13-3/h6-7H,4-5H2,1-3H3,(H,13,17)(H,14,15,16). The Labute approximate surface area is 106 Å². The maximum Gasteiger partial charge on any atom is 0.241 e. The van der Waals surface area contributed by atoms with Crippen molar-refractivity contribution in [1.82, 2.24) is 15.3 Å². The second-order valence-electron chi connectivity index (χ2n) is 3.72. The molecule has 94 valence electrons. The topological polar surface area (TPSA) is 66.9 Å². The van der Waals surface area contributed by atoms with Gasteiger partial charge in [-0.3, -0.25) is 4.79 Å². The van der Waals surface area contributed by atoms with E-state index in [0.717, 1.165) is 12.8 Å². The van der Waals surface area contributed by atoms with Crippen molar-refractivity contribution in [1.29, 1.82) is 0 Å². The van der Waals surface area contributed by atoms with Crippen LogP contribution in [0.4, 0.5) is 5.82 Å². The highest BCUT2D eigenvalue weighted by Gasteiger charge is 2.12. The lowest BCUT2D eigenvalue weighted by molar-refractivity contribution is -0.121. The van der Waals surface area contributed by atoms with Crippen molar-refractivity contribution in [3.8, 4) is 0 Å². The maximum atomic E-state index is 11.4. The maximum absolute atomic E-state index is 11.4. The molecule has 1 rings (SSSR count). The van der Waals surface area contributed by atoms with Crippen molar-refractivity contribution < 1.29 is 4.79 Å². The van der Waals surface area contributed by atoms with E-state index in [4.69, 9.17) is 11.6 Å². The highest BCUT2D eigenvalue weighted by atomic mass is 35.5. The van der Waals surface area contributed by atoms with Crippen LogP contribution in [0.15, 0.2) is 6.07 Å². The Morgan fingerprint density at radius 2 is 2.24 bits per heavy atom. The van der Waals surface area contributed by atoms with Gasteiger partial charge in [0.05, 0.1) is 0 Å². The first-order valence-corrected chi connectivity index (χ1v) is 5.96. The minimum absolute atomic E-state index is 0.100. The lowest BCUT2D eigenvalue weighted by Crippen LogP contribution is -2.35. The van der Waals surface area contributed by atoms with E-state index in [9.17, 15) is 4.79 Å².